The first-order valence-electron chi connectivity index (χ1n) is 43.0. The van der Waals surface area contributed by atoms with E-state index in [2.05, 4.69) is 358 Å². The van der Waals surface area contributed by atoms with Gasteiger partial charge in [-0.2, -0.15) is 0 Å². The third-order valence-corrected chi connectivity index (χ3v) is 27.5. The van der Waals surface area contributed by atoms with Gasteiger partial charge in [0.1, 0.15) is 11.2 Å². The Balaban J connectivity index is 0.000000104. The zero-order valence-electron chi connectivity index (χ0n) is 69.0. The quantitative estimate of drug-likeness (QED) is 0.121. The van der Waals surface area contributed by atoms with Crippen molar-refractivity contribution >= 4 is 189 Å². The van der Waals surface area contributed by atoms with Gasteiger partial charge in [0.05, 0.1) is 56.8 Å². The maximum atomic E-state index is 7.50. The minimum Gasteiger partial charge on any atom is -0.455 e. The summed E-state index contributed by atoms with van der Waals surface area (Å²) in [5.74, 6) is 0. The number of nitrogens with zero attached hydrogens (tertiary/aromatic N) is 7. The van der Waals surface area contributed by atoms with E-state index >= 15 is 0 Å². The Morgan fingerprint density at radius 3 is 1.15 bits per heavy atom. The van der Waals surface area contributed by atoms with Gasteiger partial charge in [0, 0.05) is 158 Å². The molecule has 18 aromatic carbocycles. The lowest BCUT2D eigenvalue weighted by atomic mass is 9.81. The molecule has 1 aliphatic rings. The Hall–Kier alpha value is -16.5. The van der Waals surface area contributed by atoms with Gasteiger partial charge < -0.3 is 4.42 Å². The summed E-state index contributed by atoms with van der Waals surface area (Å²) < 4.78 is 8.99. The third-order valence-electron chi connectivity index (χ3n) is 26.3. The van der Waals surface area contributed by atoms with E-state index in [0.29, 0.717) is 5.69 Å². The van der Waals surface area contributed by atoms with E-state index in [0.717, 1.165) is 165 Å². The molecule has 9 heteroatoms. The van der Waals surface area contributed by atoms with E-state index in [-0.39, 0.29) is 5.41 Å². The molecule has 26 aromatic rings. The highest BCUT2D eigenvalue weighted by molar-refractivity contribution is 7.26. The molecule has 0 atom stereocenters. The van der Waals surface area contributed by atoms with E-state index < -0.39 is 0 Å². The summed E-state index contributed by atoms with van der Waals surface area (Å²) in [6, 6.07) is 133. The number of hydrogen-bond acceptors (Lipinski definition) is 8. The summed E-state index contributed by atoms with van der Waals surface area (Å²) in [6.45, 7) is 12.0. The summed E-state index contributed by atoms with van der Waals surface area (Å²) in [5, 5.41) is 25.9. The first-order chi connectivity index (χ1) is 62.7. The molecule has 127 heavy (non-hydrogen) atoms. The number of furan rings is 1. The molecule has 8 aromatic heterocycles. The predicted octanol–water partition coefficient (Wildman–Crippen LogP) is 32.4. The Labute approximate surface area is 733 Å². The average molecular weight is 1630 g/mol. The number of hydrogen-bond donors (Lipinski definition) is 0. The molecule has 0 unspecified atom stereocenters. The van der Waals surface area contributed by atoms with Gasteiger partial charge in [0.25, 0.3) is 0 Å². The van der Waals surface area contributed by atoms with Gasteiger partial charge in [-0.3, -0.25) is 15.0 Å². The number of pyridine rings is 6. The molecule has 0 saturated carbocycles. The molecule has 0 radical (unpaired) electrons. The van der Waals surface area contributed by atoms with Crippen molar-refractivity contribution in [2.24, 2.45) is 0 Å². The molecule has 27 rings (SSSR count). The number of aromatic nitrogens is 6. The van der Waals surface area contributed by atoms with E-state index in [1.165, 1.54) is 96.8 Å². The lowest BCUT2D eigenvalue weighted by Crippen LogP contribution is -2.14. The fourth-order valence-electron chi connectivity index (χ4n) is 20.4. The van der Waals surface area contributed by atoms with E-state index in [9.17, 15) is 0 Å². The predicted molar refractivity (Wildman–Crippen MR) is 533 cm³/mol. The number of fused-ring (bicyclic) bond motifs is 33. The number of thiophene rings is 1. The van der Waals surface area contributed by atoms with Gasteiger partial charge in [-0.1, -0.05) is 335 Å². The second-order valence-corrected chi connectivity index (χ2v) is 34.6. The van der Waals surface area contributed by atoms with E-state index in [1.54, 1.807) is 0 Å². The highest BCUT2D eigenvalue weighted by Gasteiger charge is 2.36. The molecule has 0 saturated heterocycles. The van der Waals surface area contributed by atoms with Crippen LogP contribution in [0.4, 0.5) is 5.69 Å². The molecule has 0 N–H and O–H groups in total. The monoisotopic (exact) mass is 1630 g/mol. The van der Waals surface area contributed by atoms with Crippen LogP contribution in [0.2, 0.25) is 0 Å². The van der Waals surface area contributed by atoms with Gasteiger partial charge in [-0.05, 0) is 121 Å². The maximum absolute atomic E-state index is 7.50. The molecular weight excluding hydrogens is 1560 g/mol. The van der Waals surface area contributed by atoms with Crippen molar-refractivity contribution in [3.05, 3.63) is 417 Å². The molecule has 8 heterocycles. The van der Waals surface area contributed by atoms with Crippen molar-refractivity contribution in [3.8, 4) is 78.3 Å². The van der Waals surface area contributed by atoms with Crippen molar-refractivity contribution in [2.75, 3.05) is 0 Å². The topological polar surface area (TPSA) is 94.8 Å². The second-order valence-electron chi connectivity index (χ2n) is 33.5. The lowest BCUT2D eigenvalue weighted by Gasteiger charge is -2.22. The number of rotatable bonds is 6. The van der Waals surface area contributed by atoms with Crippen LogP contribution < -0.4 is 0 Å². The fourth-order valence-corrected chi connectivity index (χ4v) is 21.7. The van der Waals surface area contributed by atoms with Crippen LogP contribution >= 0.6 is 11.3 Å². The summed E-state index contributed by atoms with van der Waals surface area (Å²) in [4.78, 5) is 34.1. The Bertz CT molecular complexity index is 8850. The molecule has 0 spiro atoms. The average Bonchev–Trinajstić information content (AvgIpc) is 1.62. The number of para-hydroxylation sites is 5. The molecule has 1 aliphatic carbocycles. The summed E-state index contributed by atoms with van der Waals surface area (Å²) >= 11 is 1.87. The standard InChI is InChI=1S/C42H27N3.C38H22N2O.C38H22N2S/c1-42(2)35-23-27(18-20-29(35)30-21-19-28(43-3)24-36(30)42)25-14-16-26(17-15-25)40-39-34-12-8-22-44-41(34)32-10-5-4-9-31(32)38(39)33-11-6-7-13-37(33)45-40;1-2-11-28-27(10-1)35-34(31-15-8-22-39-37(28)31)30-12-3-5-16-32(30)40-36(35)24-20-18-23(19-21-24)25-13-7-14-29-26-9-4-6-17-33(26)41-38(25)29;1-2-11-28-27(10-1)34-30-12-3-5-16-32(30)40-36(35(34)31-15-8-22-39-37(28)31)24-20-18-23(19-21-24)25-13-7-14-29-26-9-4-6-17-33(26)41-38(25)29/h4-24H,1-2H3;2*1-22H. The third kappa shape index (κ3) is 11.6. The highest BCUT2D eigenvalue weighted by Crippen LogP contribution is 2.53. The van der Waals surface area contributed by atoms with Crippen LogP contribution in [0, 0.1) is 6.57 Å². The summed E-state index contributed by atoms with van der Waals surface area (Å²) in [5.41, 5.74) is 26.6. The van der Waals surface area contributed by atoms with Crippen LogP contribution in [0.25, 0.3) is 255 Å². The van der Waals surface area contributed by atoms with Crippen molar-refractivity contribution < 1.29 is 4.42 Å². The van der Waals surface area contributed by atoms with Crippen molar-refractivity contribution in [2.45, 2.75) is 19.3 Å². The Morgan fingerprint density at radius 2 is 0.630 bits per heavy atom. The highest BCUT2D eigenvalue weighted by atomic mass is 32.1. The molecule has 0 fully saturated rings. The van der Waals surface area contributed by atoms with Crippen LogP contribution in [-0.4, -0.2) is 29.9 Å². The number of benzene rings is 18. The fraction of sp³-hybridized carbons (Fsp3) is 0.0254. The summed E-state index contributed by atoms with van der Waals surface area (Å²) in [6.07, 6.45) is 5.65. The lowest BCUT2D eigenvalue weighted by molar-refractivity contribution is 0.661. The molecule has 0 amide bonds. The first kappa shape index (κ1) is 73.2. The van der Waals surface area contributed by atoms with Gasteiger partial charge >= 0.3 is 0 Å². The normalized spacial score (nSPS) is 12.4. The Morgan fingerprint density at radius 1 is 0.268 bits per heavy atom. The molecule has 0 bridgehead atoms. The zero-order chi connectivity index (χ0) is 84.1. The van der Waals surface area contributed by atoms with Gasteiger partial charge in [-0.15, -0.1) is 11.3 Å². The van der Waals surface area contributed by atoms with Crippen LogP contribution in [-0.2, 0) is 5.41 Å². The smallest absolute Gasteiger partial charge is 0.187 e. The molecule has 0 aliphatic heterocycles. The second kappa shape index (κ2) is 29.1. The maximum Gasteiger partial charge on any atom is 0.187 e. The SMILES string of the molecule is [C-]#[N+]c1ccc2c(c1)C(C)(C)c1cc(-c3ccc(-c4nc5ccccc5c5c6ccccc6c6ncccc6c45)cc3)ccc1-2.c1ccc2c(c1)nc(-c1ccc(-c3cccc4c3oc3ccccc34)cc1)c1c3ccccc3c3ncccc3c21.c1ccc2c(c1)nc(-c1ccc(-c3cccc4c3sc3ccccc34)cc1)c1c3cccnc3c3ccccc3c21. The van der Waals surface area contributed by atoms with Crippen LogP contribution in [0.5, 0.6) is 0 Å². The van der Waals surface area contributed by atoms with Gasteiger partial charge in [-0.25, -0.2) is 19.8 Å². The van der Waals surface area contributed by atoms with Crippen molar-refractivity contribution in [1.29, 1.82) is 0 Å². The molecule has 8 nitrogen and oxygen atoms in total. The van der Waals surface area contributed by atoms with Gasteiger partial charge in [0.15, 0.2) is 5.69 Å². The molecule has 590 valence electrons. The summed E-state index contributed by atoms with van der Waals surface area (Å²) in [7, 11) is 0. The van der Waals surface area contributed by atoms with Crippen LogP contribution in [0.3, 0.4) is 0 Å². The first-order valence-corrected chi connectivity index (χ1v) is 43.8. The van der Waals surface area contributed by atoms with Crippen LogP contribution in [0.1, 0.15) is 25.0 Å². The molecular formula is C118H71N7OS. The van der Waals surface area contributed by atoms with E-state index in [4.69, 9.17) is 40.9 Å². The minimum atomic E-state index is -0.173. The van der Waals surface area contributed by atoms with Crippen molar-refractivity contribution in [3.63, 3.8) is 0 Å². The van der Waals surface area contributed by atoms with Crippen molar-refractivity contribution in [1.82, 2.24) is 29.9 Å². The zero-order valence-corrected chi connectivity index (χ0v) is 69.8. The minimum absolute atomic E-state index is 0.173. The Kier molecular flexibility index (Phi) is 16.8. The largest absolute Gasteiger partial charge is 0.455 e. The van der Waals surface area contributed by atoms with Crippen LogP contribution in [0.15, 0.2) is 399 Å². The van der Waals surface area contributed by atoms with E-state index in [1.807, 2.05) is 66.3 Å². The van der Waals surface area contributed by atoms with Gasteiger partial charge in [0.2, 0.25) is 0 Å².